The molecular weight excluding hydrogens is 392 g/mol. The van der Waals surface area contributed by atoms with E-state index in [9.17, 15) is 4.79 Å². The first kappa shape index (κ1) is 17.6. The minimum atomic E-state index is -0.225. The van der Waals surface area contributed by atoms with Crippen LogP contribution in [0.25, 0.3) is 0 Å². The minimum absolute atomic E-state index is 0.0161. The number of hydrogen-bond donors (Lipinski definition) is 1. The van der Waals surface area contributed by atoms with Crippen molar-refractivity contribution < 1.29 is 9.53 Å². The SMILES string of the molecule is O=C(NC1CCOc2ccc(Br)cc21)C(c1ccccc1)N1CCCC1. The molecule has 0 aromatic heterocycles. The highest BCUT2D eigenvalue weighted by Crippen LogP contribution is 2.35. The number of benzene rings is 2. The molecule has 5 heteroatoms. The molecule has 136 valence electrons. The summed E-state index contributed by atoms with van der Waals surface area (Å²) in [6.07, 6.45) is 3.10. The lowest BCUT2D eigenvalue weighted by Crippen LogP contribution is -2.41. The predicted octanol–water partition coefficient (Wildman–Crippen LogP) is 4.23. The molecular formula is C21H23BrN2O2. The molecule has 2 aliphatic heterocycles. The topological polar surface area (TPSA) is 41.6 Å². The lowest BCUT2D eigenvalue weighted by atomic mass is 9.98. The van der Waals surface area contributed by atoms with Crippen molar-refractivity contribution in [2.75, 3.05) is 19.7 Å². The summed E-state index contributed by atoms with van der Waals surface area (Å²) in [5.41, 5.74) is 2.11. The second-order valence-corrected chi connectivity index (χ2v) is 7.85. The minimum Gasteiger partial charge on any atom is -0.493 e. The van der Waals surface area contributed by atoms with Crippen LogP contribution in [-0.4, -0.2) is 30.5 Å². The molecule has 4 nitrogen and oxygen atoms in total. The molecule has 1 fully saturated rings. The van der Waals surface area contributed by atoms with Crippen LogP contribution < -0.4 is 10.1 Å². The second-order valence-electron chi connectivity index (χ2n) is 6.94. The van der Waals surface area contributed by atoms with Gasteiger partial charge in [0.1, 0.15) is 11.8 Å². The van der Waals surface area contributed by atoms with E-state index in [-0.39, 0.29) is 18.0 Å². The van der Waals surface area contributed by atoms with Gasteiger partial charge in [0.15, 0.2) is 0 Å². The Bertz CT molecular complexity index is 775. The molecule has 0 aliphatic carbocycles. The first-order valence-electron chi connectivity index (χ1n) is 9.24. The zero-order chi connectivity index (χ0) is 17.9. The number of carbonyl (C=O) groups is 1. The molecule has 2 aromatic carbocycles. The maximum Gasteiger partial charge on any atom is 0.242 e. The van der Waals surface area contributed by atoms with Crippen molar-refractivity contribution in [2.24, 2.45) is 0 Å². The fraction of sp³-hybridized carbons (Fsp3) is 0.381. The molecule has 2 unspecified atom stereocenters. The van der Waals surface area contributed by atoms with Crippen molar-refractivity contribution in [1.82, 2.24) is 10.2 Å². The molecule has 4 rings (SSSR count). The smallest absolute Gasteiger partial charge is 0.242 e. The fourth-order valence-corrected chi connectivity index (χ4v) is 4.31. The largest absolute Gasteiger partial charge is 0.493 e. The van der Waals surface area contributed by atoms with Gasteiger partial charge in [-0.05, 0) is 49.7 Å². The van der Waals surface area contributed by atoms with Crippen LogP contribution in [0.2, 0.25) is 0 Å². The average Bonchev–Trinajstić information content (AvgIpc) is 3.17. The van der Waals surface area contributed by atoms with Crippen molar-refractivity contribution in [2.45, 2.75) is 31.3 Å². The summed E-state index contributed by atoms with van der Waals surface area (Å²) in [6, 6.07) is 15.9. The second kappa shape index (κ2) is 7.80. The molecule has 2 aliphatic rings. The van der Waals surface area contributed by atoms with E-state index < -0.39 is 0 Å². The molecule has 2 atom stereocenters. The number of halogens is 1. The Hall–Kier alpha value is -1.85. The number of rotatable bonds is 4. The Kier molecular flexibility index (Phi) is 5.27. The summed E-state index contributed by atoms with van der Waals surface area (Å²) in [5, 5.41) is 3.30. The van der Waals surface area contributed by atoms with Crippen molar-refractivity contribution in [3.05, 3.63) is 64.1 Å². The van der Waals surface area contributed by atoms with Gasteiger partial charge in [-0.1, -0.05) is 46.3 Å². The van der Waals surface area contributed by atoms with Gasteiger partial charge in [-0.3, -0.25) is 9.69 Å². The summed E-state index contributed by atoms with van der Waals surface area (Å²) in [7, 11) is 0. The Morgan fingerprint density at radius 2 is 1.92 bits per heavy atom. The lowest BCUT2D eigenvalue weighted by Gasteiger charge is -2.31. The van der Waals surface area contributed by atoms with Gasteiger partial charge in [0.2, 0.25) is 5.91 Å². The van der Waals surface area contributed by atoms with Crippen LogP contribution >= 0.6 is 15.9 Å². The molecule has 1 N–H and O–H groups in total. The van der Waals surface area contributed by atoms with Crippen molar-refractivity contribution >= 4 is 21.8 Å². The Morgan fingerprint density at radius 1 is 1.15 bits per heavy atom. The highest BCUT2D eigenvalue weighted by Gasteiger charge is 2.32. The van der Waals surface area contributed by atoms with Crippen LogP contribution in [0.15, 0.2) is 53.0 Å². The predicted molar refractivity (Wildman–Crippen MR) is 105 cm³/mol. The number of likely N-dealkylation sites (tertiary alicyclic amines) is 1. The highest BCUT2D eigenvalue weighted by atomic mass is 79.9. The Labute approximate surface area is 162 Å². The van der Waals surface area contributed by atoms with Crippen LogP contribution in [0.3, 0.4) is 0 Å². The number of nitrogens with zero attached hydrogens (tertiary/aromatic N) is 1. The summed E-state index contributed by atoms with van der Waals surface area (Å²) in [5.74, 6) is 0.943. The van der Waals surface area contributed by atoms with E-state index in [2.05, 4.69) is 38.3 Å². The summed E-state index contributed by atoms with van der Waals surface area (Å²) in [4.78, 5) is 15.6. The van der Waals surface area contributed by atoms with Gasteiger partial charge in [-0.15, -0.1) is 0 Å². The Balaban J connectivity index is 1.59. The number of hydrogen-bond acceptors (Lipinski definition) is 3. The van der Waals surface area contributed by atoms with Crippen molar-refractivity contribution in [3.8, 4) is 5.75 Å². The van der Waals surface area contributed by atoms with E-state index in [0.29, 0.717) is 6.61 Å². The first-order chi connectivity index (χ1) is 12.7. The van der Waals surface area contributed by atoms with Gasteiger partial charge >= 0.3 is 0 Å². The van der Waals surface area contributed by atoms with E-state index in [4.69, 9.17) is 4.74 Å². The lowest BCUT2D eigenvalue weighted by molar-refractivity contribution is -0.127. The normalized spacial score (nSPS) is 20.9. The van der Waals surface area contributed by atoms with E-state index in [1.807, 2.05) is 36.4 Å². The molecule has 2 aromatic rings. The molecule has 1 amide bonds. The highest BCUT2D eigenvalue weighted by molar-refractivity contribution is 9.10. The van der Waals surface area contributed by atoms with Gasteiger partial charge in [-0.2, -0.15) is 0 Å². The van der Waals surface area contributed by atoms with Gasteiger partial charge < -0.3 is 10.1 Å². The van der Waals surface area contributed by atoms with Crippen molar-refractivity contribution in [3.63, 3.8) is 0 Å². The molecule has 0 radical (unpaired) electrons. The number of carbonyl (C=O) groups excluding carboxylic acids is 1. The van der Waals surface area contributed by atoms with Crippen molar-refractivity contribution in [1.29, 1.82) is 0 Å². The van der Waals surface area contributed by atoms with Gasteiger partial charge in [0.25, 0.3) is 0 Å². The average molecular weight is 415 g/mol. The van der Waals surface area contributed by atoms with Crippen LogP contribution in [-0.2, 0) is 4.79 Å². The number of fused-ring (bicyclic) bond motifs is 1. The third kappa shape index (κ3) is 3.64. The maximum absolute atomic E-state index is 13.3. The van der Waals surface area contributed by atoms with E-state index in [0.717, 1.165) is 53.7 Å². The van der Waals surface area contributed by atoms with Gasteiger partial charge in [0, 0.05) is 16.5 Å². The summed E-state index contributed by atoms with van der Waals surface area (Å²) in [6.45, 7) is 2.57. The van der Waals surface area contributed by atoms with E-state index in [1.54, 1.807) is 0 Å². The summed E-state index contributed by atoms with van der Waals surface area (Å²) >= 11 is 3.53. The first-order valence-corrected chi connectivity index (χ1v) is 10.0. The molecule has 1 saturated heterocycles. The molecule has 26 heavy (non-hydrogen) atoms. The quantitative estimate of drug-likeness (QED) is 0.813. The zero-order valence-electron chi connectivity index (χ0n) is 14.7. The van der Waals surface area contributed by atoms with Gasteiger partial charge in [0.05, 0.1) is 12.6 Å². The van der Waals surface area contributed by atoms with Crippen LogP contribution in [0.1, 0.15) is 42.5 Å². The van der Waals surface area contributed by atoms with Gasteiger partial charge in [-0.25, -0.2) is 0 Å². The molecule has 0 spiro atoms. The van der Waals surface area contributed by atoms with E-state index in [1.165, 1.54) is 0 Å². The summed E-state index contributed by atoms with van der Waals surface area (Å²) < 4.78 is 6.75. The van der Waals surface area contributed by atoms with Crippen LogP contribution in [0, 0.1) is 0 Å². The molecule has 0 bridgehead atoms. The maximum atomic E-state index is 13.3. The molecule has 0 saturated carbocycles. The van der Waals surface area contributed by atoms with Crippen LogP contribution in [0.5, 0.6) is 5.75 Å². The standard InChI is InChI=1S/C21H23BrN2O2/c22-16-8-9-19-17(14-16)18(10-13-26-19)23-21(25)20(24-11-4-5-12-24)15-6-2-1-3-7-15/h1-3,6-9,14,18,20H,4-5,10-13H2,(H,23,25). The van der Waals surface area contributed by atoms with E-state index >= 15 is 0 Å². The van der Waals surface area contributed by atoms with Crippen LogP contribution in [0.4, 0.5) is 0 Å². The Morgan fingerprint density at radius 3 is 2.69 bits per heavy atom. The number of nitrogens with one attached hydrogen (secondary N) is 1. The molecule has 2 heterocycles. The monoisotopic (exact) mass is 414 g/mol. The third-order valence-electron chi connectivity index (χ3n) is 5.20. The fourth-order valence-electron chi connectivity index (χ4n) is 3.93. The third-order valence-corrected chi connectivity index (χ3v) is 5.69. The zero-order valence-corrected chi connectivity index (χ0v) is 16.2. The number of ether oxygens (including phenoxy) is 1. The number of amides is 1.